The van der Waals surface area contributed by atoms with Gasteiger partial charge in [-0.1, -0.05) is 29.3 Å². The molecule has 0 saturated carbocycles. The summed E-state index contributed by atoms with van der Waals surface area (Å²) in [5.41, 5.74) is 0.838. The molecule has 0 spiro atoms. The number of piperidine rings is 1. The zero-order chi connectivity index (χ0) is 18.1. The van der Waals surface area contributed by atoms with Crippen molar-refractivity contribution < 1.29 is 13.2 Å². The summed E-state index contributed by atoms with van der Waals surface area (Å²) in [5.74, 6) is -0.150. The highest BCUT2D eigenvalue weighted by atomic mass is 35.5. The van der Waals surface area contributed by atoms with E-state index in [2.05, 4.69) is 0 Å². The first-order chi connectivity index (χ1) is 11.1. The van der Waals surface area contributed by atoms with Crippen LogP contribution < -0.4 is 0 Å². The molecule has 0 aliphatic carbocycles. The minimum atomic E-state index is -3.19. The number of rotatable bonds is 4. The van der Waals surface area contributed by atoms with Gasteiger partial charge in [-0.05, 0) is 37.5 Å². The summed E-state index contributed by atoms with van der Waals surface area (Å²) in [6.45, 7) is 2.69. The first-order valence-electron chi connectivity index (χ1n) is 7.78. The van der Waals surface area contributed by atoms with E-state index in [-0.39, 0.29) is 17.9 Å². The molecular weight excluding hydrogens is 371 g/mol. The summed E-state index contributed by atoms with van der Waals surface area (Å²) in [4.78, 5) is 14.4. The Morgan fingerprint density at radius 1 is 1.29 bits per heavy atom. The SMILES string of the molecule is CC(c1ccc(Cl)cc1Cl)N(C)C(=O)C1CCN(S(C)(=O)=O)CC1. The van der Waals surface area contributed by atoms with Crippen molar-refractivity contribution in [3.63, 3.8) is 0 Å². The van der Waals surface area contributed by atoms with Crippen molar-refractivity contribution in [1.29, 1.82) is 0 Å². The summed E-state index contributed by atoms with van der Waals surface area (Å²) >= 11 is 12.1. The van der Waals surface area contributed by atoms with E-state index in [0.29, 0.717) is 36.0 Å². The van der Waals surface area contributed by atoms with Crippen LogP contribution >= 0.6 is 23.2 Å². The molecule has 24 heavy (non-hydrogen) atoms. The molecule has 134 valence electrons. The third kappa shape index (κ3) is 4.42. The monoisotopic (exact) mass is 392 g/mol. The third-order valence-electron chi connectivity index (χ3n) is 4.61. The molecule has 0 aromatic heterocycles. The molecule has 1 aliphatic heterocycles. The van der Waals surface area contributed by atoms with Crippen molar-refractivity contribution in [2.24, 2.45) is 5.92 Å². The first kappa shape index (κ1) is 19.5. The van der Waals surface area contributed by atoms with Crippen molar-refractivity contribution in [3.8, 4) is 0 Å². The molecule has 1 heterocycles. The molecule has 1 saturated heterocycles. The Kier molecular flexibility index (Phi) is 6.18. The summed E-state index contributed by atoms with van der Waals surface area (Å²) in [6, 6.07) is 5.06. The number of hydrogen-bond acceptors (Lipinski definition) is 3. The Hall–Kier alpha value is -0.820. The van der Waals surface area contributed by atoms with E-state index in [4.69, 9.17) is 23.2 Å². The smallest absolute Gasteiger partial charge is 0.226 e. The lowest BCUT2D eigenvalue weighted by molar-refractivity contribution is -0.137. The van der Waals surface area contributed by atoms with Crippen LogP contribution in [0.15, 0.2) is 18.2 Å². The summed E-state index contributed by atoms with van der Waals surface area (Å²) in [5, 5.41) is 1.08. The van der Waals surface area contributed by atoms with Gasteiger partial charge in [-0.15, -0.1) is 0 Å². The average molecular weight is 393 g/mol. The van der Waals surface area contributed by atoms with Gasteiger partial charge in [-0.2, -0.15) is 0 Å². The van der Waals surface area contributed by atoms with E-state index >= 15 is 0 Å². The highest BCUT2D eigenvalue weighted by molar-refractivity contribution is 7.88. The minimum Gasteiger partial charge on any atom is -0.339 e. The number of hydrogen-bond donors (Lipinski definition) is 0. The molecule has 2 rings (SSSR count). The molecule has 1 aromatic rings. The van der Waals surface area contributed by atoms with Crippen LogP contribution in [0, 0.1) is 5.92 Å². The van der Waals surface area contributed by atoms with Gasteiger partial charge in [0, 0.05) is 36.1 Å². The Morgan fingerprint density at radius 2 is 1.88 bits per heavy atom. The number of amides is 1. The molecule has 0 N–H and O–H groups in total. The van der Waals surface area contributed by atoms with Gasteiger partial charge in [0.2, 0.25) is 15.9 Å². The molecule has 1 atom stereocenters. The molecule has 1 unspecified atom stereocenters. The Bertz CT molecular complexity index is 716. The summed E-state index contributed by atoms with van der Waals surface area (Å²) < 4.78 is 24.5. The fourth-order valence-corrected chi connectivity index (χ4v) is 4.40. The van der Waals surface area contributed by atoms with Gasteiger partial charge in [0.05, 0.1) is 12.3 Å². The lowest BCUT2D eigenvalue weighted by atomic mass is 9.95. The highest BCUT2D eigenvalue weighted by Gasteiger charge is 2.32. The van der Waals surface area contributed by atoms with Crippen LogP contribution in [0.5, 0.6) is 0 Å². The molecule has 8 heteroatoms. The molecule has 0 bridgehead atoms. The molecule has 0 radical (unpaired) electrons. The minimum absolute atomic E-state index is 0.0154. The Balaban J connectivity index is 2.04. The third-order valence-corrected chi connectivity index (χ3v) is 6.48. The molecule has 1 aromatic carbocycles. The Labute approximate surface area is 153 Å². The van der Waals surface area contributed by atoms with Crippen molar-refractivity contribution in [2.75, 3.05) is 26.4 Å². The fraction of sp³-hybridized carbons (Fsp3) is 0.562. The van der Waals surface area contributed by atoms with Gasteiger partial charge in [-0.3, -0.25) is 4.79 Å². The molecule has 5 nitrogen and oxygen atoms in total. The van der Waals surface area contributed by atoms with E-state index in [0.717, 1.165) is 5.56 Å². The predicted molar refractivity (Wildman–Crippen MR) is 96.8 cm³/mol. The van der Waals surface area contributed by atoms with Gasteiger partial charge in [0.15, 0.2) is 0 Å². The Morgan fingerprint density at radius 3 is 2.38 bits per heavy atom. The van der Waals surface area contributed by atoms with Gasteiger partial charge in [-0.25, -0.2) is 12.7 Å². The van der Waals surface area contributed by atoms with Crippen LogP contribution in [0.25, 0.3) is 0 Å². The quantitative estimate of drug-likeness (QED) is 0.790. The van der Waals surface area contributed by atoms with Crippen LogP contribution in [0.4, 0.5) is 0 Å². The second kappa shape index (κ2) is 7.60. The average Bonchev–Trinajstić information content (AvgIpc) is 2.52. The number of carbonyl (C=O) groups is 1. The van der Waals surface area contributed by atoms with E-state index < -0.39 is 10.0 Å². The van der Waals surface area contributed by atoms with E-state index in [1.807, 2.05) is 13.0 Å². The lowest BCUT2D eigenvalue weighted by Crippen LogP contribution is -2.43. The number of sulfonamides is 1. The van der Waals surface area contributed by atoms with Gasteiger partial charge < -0.3 is 4.90 Å². The molecular formula is C16H22Cl2N2O3S. The summed E-state index contributed by atoms with van der Waals surface area (Å²) in [6.07, 6.45) is 2.28. The maximum absolute atomic E-state index is 12.7. The van der Waals surface area contributed by atoms with Crippen LogP contribution in [0.2, 0.25) is 10.0 Å². The van der Waals surface area contributed by atoms with E-state index in [1.54, 1.807) is 24.1 Å². The first-order valence-corrected chi connectivity index (χ1v) is 10.4. The maximum Gasteiger partial charge on any atom is 0.226 e. The standard InChI is InChI=1S/C16H22Cl2N2O3S/c1-11(14-5-4-13(17)10-15(14)18)19(2)16(21)12-6-8-20(9-7-12)24(3,22)23/h4-5,10-12H,6-9H2,1-3H3. The van der Waals surface area contributed by atoms with E-state index in [9.17, 15) is 13.2 Å². The van der Waals surface area contributed by atoms with Gasteiger partial charge >= 0.3 is 0 Å². The molecule has 1 aliphatic rings. The van der Waals surface area contributed by atoms with Crippen molar-refractivity contribution in [1.82, 2.24) is 9.21 Å². The lowest BCUT2D eigenvalue weighted by Gasteiger charge is -2.34. The van der Waals surface area contributed by atoms with Crippen molar-refractivity contribution >= 4 is 39.1 Å². The van der Waals surface area contributed by atoms with Crippen molar-refractivity contribution in [3.05, 3.63) is 33.8 Å². The fourth-order valence-electron chi connectivity index (χ4n) is 2.96. The van der Waals surface area contributed by atoms with Crippen LogP contribution in [0.1, 0.15) is 31.4 Å². The number of nitrogens with zero attached hydrogens (tertiary/aromatic N) is 2. The summed E-state index contributed by atoms with van der Waals surface area (Å²) in [7, 11) is -1.43. The topological polar surface area (TPSA) is 57.7 Å². The molecule has 1 amide bonds. The van der Waals surface area contributed by atoms with Crippen LogP contribution in [-0.2, 0) is 14.8 Å². The normalized spacial score (nSPS) is 18.4. The number of halogens is 2. The highest BCUT2D eigenvalue weighted by Crippen LogP contribution is 2.31. The van der Waals surface area contributed by atoms with Crippen LogP contribution in [0.3, 0.4) is 0 Å². The largest absolute Gasteiger partial charge is 0.339 e. The van der Waals surface area contributed by atoms with E-state index in [1.165, 1.54) is 10.6 Å². The second-order valence-electron chi connectivity index (χ2n) is 6.23. The molecule has 1 fully saturated rings. The zero-order valence-corrected chi connectivity index (χ0v) is 16.3. The van der Waals surface area contributed by atoms with Crippen LogP contribution in [-0.4, -0.2) is 49.9 Å². The van der Waals surface area contributed by atoms with Crippen molar-refractivity contribution in [2.45, 2.75) is 25.8 Å². The predicted octanol–water partition coefficient (Wildman–Crippen LogP) is 3.18. The second-order valence-corrected chi connectivity index (χ2v) is 9.05. The number of carbonyl (C=O) groups excluding carboxylic acids is 1. The zero-order valence-electron chi connectivity index (χ0n) is 14.0. The maximum atomic E-state index is 12.7. The number of benzene rings is 1. The van der Waals surface area contributed by atoms with Gasteiger partial charge in [0.1, 0.15) is 0 Å². The van der Waals surface area contributed by atoms with Gasteiger partial charge in [0.25, 0.3) is 0 Å².